The molecule has 0 fully saturated rings. The number of nitrogens with one attached hydrogen (secondary N) is 1. The Kier molecular flexibility index (Phi) is 4.64. The number of benzene rings is 1. The number of fused-ring (bicyclic) bond motifs is 1. The van der Waals surface area contributed by atoms with Crippen molar-refractivity contribution in [1.82, 2.24) is 15.5 Å². The van der Waals surface area contributed by atoms with Gasteiger partial charge in [0.05, 0.1) is 6.61 Å². The number of hydrogen-bond donors (Lipinski definition) is 1. The van der Waals surface area contributed by atoms with Crippen LogP contribution in [0.3, 0.4) is 0 Å². The smallest absolute Gasteiger partial charge is 0.162 e. The average Bonchev–Trinajstić information content (AvgIpc) is 3.00. The van der Waals surface area contributed by atoms with Gasteiger partial charge in [-0.05, 0) is 18.2 Å². The van der Waals surface area contributed by atoms with Crippen LogP contribution in [0.2, 0.25) is 0 Å². The Morgan fingerprint density at radius 2 is 2.10 bits per heavy atom. The van der Waals surface area contributed by atoms with Crippen LogP contribution in [-0.2, 0) is 11.3 Å². The third kappa shape index (κ3) is 3.49. The van der Waals surface area contributed by atoms with Gasteiger partial charge >= 0.3 is 0 Å². The normalized spacial score (nSPS) is 13.4. The predicted molar refractivity (Wildman–Crippen MR) is 79.9 cm³/mol. The molecule has 1 aliphatic heterocycles. The van der Waals surface area contributed by atoms with Crippen molar-refractivity contribution in [2.24, 2.45) is 0 Å². The lowest BCUT2D eigenvalue weighted by molar-refractivity contribution is 0.171. The highest BCUT2D eigenvalue weighted by Crippen LogP contribution is 2.35. The van der Waals surface area contributed by atoms with Gasteiger partial charge < -0.3 is 19.5 Å². The molecule has 21 heavy (non-hydrogen) atoms. The third-order valence-electron chi connectivity index (χ3n) is 3.02. The maximum absolute atomic E-state index is 5.59. The van der Waals surface area contributed by atoms with Gasteiger partial charge in [0.1, 0.15) is 23.2 Å². The first kappa shape index (κ1) is 14.2. The summed E-state index contributed by atoms with van der Waals surface area (Å²) in [7, 11) is 1.69. The molecule has 0 atom stereocenters. The van der Waals surface area contributed by atoms with Gasteiger partial charge in [-0.1, -0.05) is 11.3 Å². The first-order chi connectivity index (χ1) is 10.4. The second-order valence-corrected chi connectivity index (χ2v) is 5.59. The quantitative estimate of drug-likeness (QED) is 0.820. The fourth-order valence-electron chi connectivity index (χ4n) is 1.99. The summed E-state index contributed by atoms with van der Waals surface area (Å²) in [5.74, 6) is 1.56. The van der Waals surface area contributed by atoms with Crippen LogP contribution in [0.25, 0.3) is 10.6 Å². The van der Waals surface area contributed by atoms with Gasteiger partial charge in [-0.3, -0.25) is 0 Å². The molecule has 1 aromatic carbocycles. The Labute approximate surface area is 127 Å². The molecule has 0 saturated carbocycles. The Morgan fingerprint density at radius 1 is 1.24 bits per heavy atom. The van der Waals surface area contributed by atoms with E-state index in [0.717, 1.165) is 33.6 Å². The Morgan fingerprint density at radius 3 is 2.95 bits per heavy atom. The van der Waals surface area contributed by atoms with E-state index in [1.54, 1.807) is 18.4 Å². The van der Waals surface area contributed by atoms with Crippen LogP contribution >= 0.6 is 11.3 Å². The number of nitrogens with zero attached hydrogens (tertiary/aromatic N) is 2. The van der Waals surface area contributed by atoms with Crippen molar-refractivity contribution in [3.05, 3.63) is 23.2 Å². The summed E-state index contributed by atoms with van der Waals surface area (Å²) in [6, 6.07) is 5.86. The first-order valence-corrected chi connectivity index (χ1v) is 7.60. The lowest BCUT2D eigenvalue weighted by Crippen LogP contribution is -2.18. The standard InChI is InChI=1S/C14H17N3O3S/c1-18-5-4-15-9-13-16-17-14(21-13)10-2-3-11-12(8-10)20-7-6-19-11/h2-3,8,15H,4-7,9H2,1H3. The van der Waals surface area contributed by atoms with Crippen LogP contribution in [0.15, 0.2) is 18.2 Å². The molecule has 3 rings (SSSR count). The van der Waals surface area contributed by atoms with Crippen LogP contribution in [0, 0.1) is 0 Å². The van der Waals surface area contributed by atoms with Crippen LogP contribution in [0.4, 0.5) is 0 Å². The second-order valence-electron chi connectivity index (χ2n) is 4.53. The van der Waals surface area contributed by atoms with Gasteiger partial charge in [0.2, 0.25) is 0 Å². The van der Waals surface area contributed by atoms with E-state index in [9.17, 15) is 0 Å². The minimum atomic E-state index is 0.585. The van der Waals surface area contributed by atoms with E-state index < -0.39 is 0 Å². The molecule has 0 bridgehead atoms. The zero-order valence-corrected chi connectivity index (χ0v) is 12.6. The fourth-order valence-corrected chi connectivity index (χ4v) is 2.79. The van der Waals surface area contributed by atoms with Gasteiger partial charge in [-0.15, -0.1) is 10.2 Å². The fraction of sp³-hybridized carbons (Fsp3) is 0.429. The highest BCUT2D eigenvalue weighted by molar-refractivity contribution is 7.14. The maximum Gasteiger partial charge on any atom is 0.162 e. The minimum Gasteiger partial charge on any atom is -0.486 e. The molecule has 0 spiro atoms. The third-order valence-corrected chi connectivity index (χ3v) is 3.99. The van der Waals surface area contributed by atoms with E-state index in [1.165, 1.54) is 0 Å². The van der Waals surface area contributed by atoms with Crippen LogP contribution in [-0.4, -0.2) is 43.7 Å². The molecule has 0 radical (unpaired) electrons. The highest BCUT2D eigenvalue weighted by atomic mass is 32.1. The molecule has 2 aromatic rings. The van der Waals surface area contributed by atoms with E-state index in [4.69, 9.17) is 14.2 Å². The molecular weight excluding hydrogens is 290 g/mol. The monoisotopic (exact) mass is 307 g/mol. The van der Waals surface area contributed by atoms with Crippen molar-refractivity contribution in [3.8, 4) is 22.1 Å². The summed E-state index contributed by atoms with van der Waals surface area (Å²) < 4.78 is 16.1. The summed E-state index contributed by atoms with van der Waals surface area (Å²) in [5.41, 5.74) is 1.000. The number of methoxy groups -OCH3 is 1. The van der Waals surface area contributed by atoms with Crippen molar-refractivity contribution in [2.45, 2.75) is 6.54 Å². The van der Waals surface area contributed by atoms with Gasteiger partial charge in [-0.2, -0.15) is 0 Å². The summed E-state index contributed by atoms with van der Waals surface area (Å²) >= 11 is 1.57. The minimum absolute atomic E-state index is 0.585. The van der Waals surface area contributed by atoms with E-state index >= 15 is 0 Å². The topological polar surface area (TPSA) is 65.5 Å². The van der Waals surface area contributed by atoms with Crippen molar-refractivity contribution < 1.29 is 14.2 Å². The summed E-state index contributed by atoms with van der Waals surface area (Å²) in [6.45, 7) is 3.37. The number of ether oxygens (including phenoxy) is 3. The van der Waals surface area contributed by atoms with E-state index in [-0.39, 0.29) is 0 Å². The number of aromatic nitrogens is 2. The highest BCUT2D eigenvalue weighted by Gasteiger charge is 2.14. The molecule has 1 aromatic heterocycles. The number of rotatable bonds is 6. The Balaban J connectivity index is 1.68. The van der Waals surface area contributed by atoms with Crippen LogP contribution < -0.4 is 14.8 Å². The molecule has 0 unspecified atom stereocenters. The van der Waals surface area contributed by atoms with E-state index in [2.05, 4.69) is 15.5 Å². The molecule has 0 amide bonds. The average molecular weight is 307 g/mol. The summed E-state index contributed by atoms with van der Waals surface area (Å²) in [4.78, 5) is 0. The molecule has 0 aliphatic carbocycles. The molecule has 0 saturated heterocycles. The molecule has 1 N–H and O–H groups in total. The maximum atomic E-state index is 5.59. The summed E-state index contributed by atoms with van der Waals surface area (Å²) in [6.07, 6.45) is 0. The Hall–Kier alpha value is -1.70. The largest absolute Gasteiger partial charge is 0.486 e. The van der Waals surface area contributed by atoms with E-state index in [1.807, 2.05) is 18.2 Å². The molecule has 112 valence electrons. The van der Waals surface area contributed by atoms with E-state index in [0.29, 0.717) is 26.4 Å². The van der Waals surface area contributed by atoms with Crippen LogP contribution in [0.1, 0.15) is 5.01 Å². The van der Waals surface area contributed by atoms with Gasteiger partial charge in [0, 0.05) is 25.8 Å². The van der Waals surface area contributed by atoms with Crippen molar-refractivity contribution in [2.75, 3.05) is 33.5 Å². The first-order valence-electron chi connectivity index (χ1n) is 6.79. The molecule has 6 nitrogen and oxygen atoms in total. The van der Waals surface area contributed by atoms with Crippen molar-refractivity contribution in [3.63, 3.8) is 0 Å². The van der Waals surface area contributed by atoms with Crippen LogP contribution in [0.5, 0.6) is 11.5 Å². The molecular formula is C14H17N3O3S. The lowest BCUT2D eigenvalue weighted by atomic mass is 10.2. The predicted octanol–water partition coefficient (Wildman–Crippen LogP) is 1.71. The zero-order chi connectivity index (χ0) is 14.5. The van der Waals surface area contributed by atoms with Crippen molar-refractivity contribution >= 4 is 11.3 Å². The molecule has 2 heterocycles. The second kappa shape index (κ2) is 6.84. The van der Waals surface area contributed by atoms with Gasteiger partial charge in [0.15, 0.2) is 11.5 Å². The zero-order valence-electron chi connectivity index (χ0n) is 11.8. The lowest BCUT2D eigenvalue weighted by Gasteiger charge is -2.18. The molecule has 1 aliphatic rings. The van der Waals surface area contributed by atoms with Crippen molar-refractivity contribution in [1.29, 1.82) is 0 Å². The SMILES string of the molecule is COCCNCc1nnc(-c2ccc3c(c2)OCCO3)s1. The van der Waals surface area contributed by atoms with Gasteiger partial charge in [-0.25, -0.2) is 0 Å². The number of hydrogen-bond acceptors (Lipinski definition) is 7. The summed E-state index contributed by atoms with van der Waals surface area (Å²) in [5, 5.41) is 13.5. The molecule has 7 heteroatoms. The Bertz CT molecular complexity index is 603. The van der Waals surface area contributed by atoms with Gasteiger partial charge in [0.25, 0.3) is 0 Å².